The van der Waals surface area contributed by atoms with E-state index in [-0.39, 0.29) is 0 Å². The Morgan fingerprint density at radius 2 is 1.07 bits per heavy atom. The smallest absolute Gasteiger partial charge is 0.146 e. The summed E-state index contributed by atoms with van der Waals surface area (Å²) in [5, 5.41) is 8.77. The van der Waals surface area contributed by atoms with Gasteiger partial charge in [0.1, 0.15) is 5.65 Å². The highest BCUT2D eigenvalue weighted by Crippen LogP contribution is 2.47. The van der Waals surface area contributed by atoms with Gasteiger partial charge in [-0.1, -0.05) is 84.9 Å². The normalized spacial score (nSPS) is 12.8. The first-order valence-corrected chi connectivity index (χ1v) is 15.1. The van der Waals surface area contributed by atoms with E-state index in [9.17, 15) is 0 Å². The molecule has 0 N–H and O–H groups in total. The van der Waals surface area contributed by atoms with Gasteiger partial charge < -0.3 is 4.34 Å². The van der Waals surface area contributed by atoms with Gasteiger partial charge in [0.15, 0.2) is 0 Å². The number of pyridine rings is 2. The Kier molecular flexibility index (Phi) is 4.84. The number of hydrogen-bond donors (Lipinski definition) is 0. The molecule has 1 unspecified atom stereocenters. The zero-order chi connectivity index (χ0) is 26.9. The molecule has 0 aliphatic rings. The van der Waals surface area contributed by atoms with E-state index in [0.29, 0.717) is 0 Å². The second-order valence-corrected chi connectivity index (χ2v) is 12.4. The minimum absolute atomic E-state index is 0.994. The fourth-order valence-electron chi connectivity index (χ4n) is 6.48. The van der Waals surface area contributed by atoms with Crippen molar-refractivity contribution in [3.63, 3.8) is 0 Å². The van der Waals surface area contributed by atoms with Crippen molar-refractivity contribution in [1.82, 2.24) is 18.7 Å². The van der Waals surface area contributed by atoms with E-state index in [1.165, 1.54) is 54.1 Å². The number of fused-ring (bicyclic) bond motifs is 11. The minimum atomic E-state index is -1.02. The Morgan fingerprint density at radius 3 is 1.80 bits per heavy atom. The van der Waals surface area contributed by atoms with Gasteiger partial charge in [-0.2, -0.15) is 0 Å². The number of benzene rings is 5. The van der Waals surface area contributed by atoms with Crippen LogP contribution in [-0.4, -0.2) is 18.7 Å². The summed E-state index contributed by atoms with van der Waals surface area (Å²) < 4.78 is 4.90. The summed E-state index contributed by atoms with van der Waals surface area (Å²) >= 11 is 0. The average Bonchev–Trinajstić information content (AvgIpc) is 3.59. The second-order valence-electron chi connectivity index (χ2n) is 10.3. The summed E-state index contributed by atoms with van der Waals surface area (Å²) in [6.45, 7) is 0. The lowest BCUT2D eigenvalue weighted by molar-refractivity contribution is 1.31. The third-order valence-corrected chi connectivity index (χ3v) is 10.6. The molecule has 9 rings (SSSR count). The molecule has 4 aromatic heterocycles. The van der Waals surface area contributed by atoms with Crippen molar-refractivity contribution in [2.75, 3.05) is 0 Å². The van der Waals surface area contributed by atoms with Gasteiger partial charge in [0.2, 0.25) is 0 Å². The highest BCUT2D eigenvalue weighted by Gasteiger charge is 2.26. The van der Waals surface area contributed by atoms with E-state index in [1.807, 2.05) is 12.4 Å². The molecule has 0 spiro atoms. The summed E-state index contributed by atoms with van der Waals surface area (Å²) in [4.78, 5) is 9.58. The van der Waals surface area contributed by atoms with Crippen LogP contribution in [0.2, 0.25) is 0 Å². The third kappa shape index (κ3) is 3.20. The predicted molar refractivity (Wildman–Crippen MR) is 173 cm³/mol. The summed E-state index contributed by atoms with van der Waals surface area (Å²) in [5.41, 5.74) is 6.78. The van der Waals surface area contributed by atoms with Crippen LogP contribution in [0.1, 0.15) is 0 Å². The van der Waals surface area contributed by atoms with Crippen LogP contribution < -0.4 is 10.6 Å². The van der Waals surface area contributed by atoms with E-state index in [4.69, 9.17) is 4.98 Å². The molecule has 0 amide bonds. The lowest BCUT2D eigenvalue weighted by atomic mass is 10.1. The minimum Gasteiger partial charge on any atom is -0.310 e. The molecule has 0 aliphatic carbocycles. The molecule has 5 heteroatoms. The Labute approximate surface area is 236 Å². The summed E-state index contributed by atoms with van der Waals surface area (Å²) in [6.07, 6.45) is 3.84. The first-order valence-electron chi connectivity index (χ1n) is 13.8. The third-order valence-electron chi connectivity index (χ3n) is 8.15. The zero-order valence-electron chi connectivity index (χ0n) is 22.0. The van der Waals surface area contributed by atoms with E-state index in [0.717, 1.165) is 16.7 Å². The molecule has 0 fully saturated rings. The lowest BCUT2D eigenvalue weighted by Crippen LogP contribution is -2.18. The van der Waals surface area contributed by atoms with Gasteiger partial charge in [-0.15, -0.1) is 0 Å². The van der Waals surface area contributed by atoms with Crippen LogP contribution in [0.3, 0.4) is 0 Å². The number of para-hydroxylation sites is 5. The largest absolute Gasteiger partial charge is 0.310 e. The molecule has 1 atom stereocenters. The van der Waals surface area contributed by atoms with Gasteiger partial charge in [0, 0.05) is 49.9 Å². The SMILES string of the molecule is c1ccc2c(c1)nc1c3cccc(P(c4ccncc4)n4c5ccccc5c5ccccc54)c3c3ccccc3n21. The highest BCUT2D eigenvalue weighted by atomic mass is 31.1. The molecular weight excluding hydrogens is 519 g/mol. The van der Waals surface area contributed by atoms with Crippen molar-refractivity contribution in [1.29, 1.82) is 0 Å². The van der Waals surface area contributed by atoms with E-state index in [2.05, 4.69) is 141 Å². The summed E-state index contributed by atoms with van der Waals surface area (Å²) in [7, 11) is -1.02. The maximum absolute atomic E-state index is 5.18. The van der Waals surface area contributed by atoms with E-state index < -0.39 is 8.07 Å². The van der Waals surface area contributed by atoms with Gasteiger partial charge in [-0.05, 0) is 42.5 Å². The first kappa shape index (κ1) is 22.7. The molecule has 4 heterocycles. The topological polar surface area (TPSA) is 35.1 Å². The quantitative estimate of drug-likeness (QED) is 0.167. The van der Waals surface area contributed by atoms with Crippen LogP contribution in [0, 0.1) is 0 Å². The Balaban J connectivity index is 1.50. The molecule has 0 aliphatic heterocycles. The van der Waals surface area contributed by atoms with Crippen molar-refractivity contribution in [3.05, 3.63) is 140 Å². The summed E-state index contributed by atoms with van der Waals surface area (Å²) in [5.74, 6) is 0. The van der Waals surface area contributed by atoms with Crippen LogP contribution in [0.25, 0.3) is 60.2 Å². The Hall–Kier alpha value is -5.05. The number of hydrogen-bond acceptors (Lipinski definition) is 2. The molecule has 192 valence electrons. The van der Waals surface area contributed by atoms with Gasteiger partial charge in [0.25, 0.3) is 0 Å². The van der Waals surface area contributed by atoms with Gasteiger partial charge in [-0.3, -0.25) is 9.38 Å². The van der Waals surface area contributed by atoms with Crippen molar-refractivity contribution in [2.45, 2.75) is 0 Å². The molecule has 41 heavy (non-hydrogen) atoms. The average molecular weight is 543 g/mol. The molecule has 5 aromatic carbocycles. The van der Waals surface area contributed by atoms with Crippen LogP contribution >= 0.6 is 8.07 Å². The van der Waals surface area contributed by atoms with Gasteiger partial charge >= 0.3 is 0 Å². The Morgan fingerprint density at radius 1 is 0.488 bits per heavy atom. The standard InChI is InChI=1S/C36H23N4P/c1-6-16-31-25(10-1)26-11-2-7-17-32(26)40(31)41(24-20-22-37-23-21-24)34-19-9-13-28-35(34)27-12-3-5-15-30(27)39-33-18-8-4-14-29(33)38-36(28)39/h1-23H. The van der Waals surface area contributed by atoms with E-state index >= 15 is 0 Å². The van der Waals surface area contributed by atoms with Crippen molar-refractivity contribution in [3.8, 4) is 0 Å². The van der Waals surface area contributed by atoms with Crippen molar-refractivity contribution in [2.24, 2.45) is 0 Å². The van der Waals surface area contributed by atoms with Crippen LogP contribution in [-0.2, 0) is 0 Å². The van der Waals surface area contributed by atoms with Crippen molar-refractivity contribution < 1.29 is 0 Å². The van der Waals surface area contributed by atoms with Gasteiger partial charge in [-0.25, -0.2) is 4.98 Å². The molecule has 0 bridgehead atoms. The molecular formula is C36H23N4P. The maximum atomic E-state index is 5.18. The molecule has 0 radical (unpaired) electrons. The number of aromatic nitrogens is 4. The molecule has 4 nitrogen and oxygen atoms in total. The van der Waals surface area contributed by atoms with E-state index in [1.54, 1.807) is 0 Å². The molecule has 9 aromatic rings. The first-order chi connectivity index (χ1) is 20.4. The van der Waals surface area contributed by atoms with Crippen molar-refractivity contribution >= 4 is 78.8 Å². The maximum Gasteiger partial charge on any atom is 0.146 e. The number of imidazole rings is 1. The Bertz CT molecular complexity index is 2390. The van der Waals surface area contributed by atoms with Crippen LogP contribution in [0.5, 0.6) is 0 Å². The summed E-state index contributed by atoms with van der Waals surface area (Å²) in [6, 6.07) is 45.9. The fraction of sp³-hybridized carbons (Fsp3) is 0. The van der Waals surface area contributed by atoms with Crippen LogP contribution in [0.4, 0.5) is 0 Å². The van der Waals surface area contributed by atoms with Crippen LogP contribution in [0.15, 0.2) is 140 Å². The molecule has 0 saturated carbocycles. The lowest BCUT2D eigenvalue weighted by Gasteiger charge is -2.24. The predicted octanol–water partition coefficient (Wildman–Crippen LogP) is 8.19. The van der Waals surface area contributed by atoms with Gasteiger partial charge in [0.05, 0.1) is 35.7 Å². The fourth-order valence-corrected chi connectivity index (χ4v) is 9.08. The second kappa shape index (κ2) is 8.72. The number of rotatable bonds is 3. The highest BCUT2D eigenvalue weighted by molar-refractivity contribution is 7.72. The molecule has 0 saturated heterocycles. The number of nitrogens with zero attached hydrogens (tertiary/aromatic N) is 4. The zero-order valence-corrected chi connectivity index (χ0v) is 22.9. The monoisotopic (exact) mass is 542 g/mol.